The molecule has 0 unspecified atom stereocenters. The monoisotopic (exact) mass is 543 g/mol. The van der Waals surface area contributed by atoms with Crippen molar-refractivity contribution in [1.29, 1.82) is 0 Å². The molecule has 0 saturated carbocycles. The quantitative estimate of drug-likeness (QED) is 0.127. The first kappa shape index (κ1) is 28.1. The Kier molecular flexibility index (Phi) is 10.0. The van der Waals surface area contributed by atoms with E-state index in [-0.39, 0.29) is 23.9 Å². The van der Waals surface area contributed by atoms with Crippen LogP contribution in [-0.2, 0) is 22.5 Å². The van der Waals surface area contributed by atoms with E-state index in [0.717, 1.165) is 17.5 Å². The molecule has 0 radical (unpaired) electrons. The lowest BCUT2D eigenvalue weighted by molar-refractivity contribution is -0.274. The molecule has 0 spiro atoms. The fraction of sp³-hybridized carbons (Fsp3) is 0.455. The molecular weight excluding hydrogens is 515 g/mol. The number of hydrazine groups is 1. The molecule has 1 aromatic heterocycles. The first-order valence-electron chi connectivity index (χ1n) is 11.4. The second-order valence-corrected chi connectivity index (χ2v) is 9.33. The van der Waals surface area contributed by atoms with Gasteiger partial charge in [-0.3, -0.25) is 9.59 Å². The third-order valence-corrected chi connectivity index (χ3v) is 6.11. The average molecular weight is 544 g/mol. The van der Waals surface area contributed by atoms with Gasteiger partial charge in [-0.2, -0.15) is 0 Å². The topological polar surface area (TPSA) is 158 Å². The lowest BCUT2D eigenvalue weighted by atomic mass is 10.1. The molecular formula is C22H28F3N7O4S. The van der Waals surface area contributed by atoms with Crippen LogP contribution >= 0.6 is 11.3 Å². The van der Waals surface area contributed by atoms with Crippen molar-refractivity contribution in [3.05, 3.63) is 51.7 Å². The highest BCUT2D eigenvalue weighted by molar-refractivity contribution is 7.13. The number of aryl methyl sites for hydroxylation is 1. The van der Waals surface area contributed by atoms with Crippen molar-refractivity contribution in [2.45, 2.75) is 32.2 Å². The Labute approximate surface area is 215 Å². The van der Waals surface area contributed by atoms with Gasteiger partial charge in [-0.25, -0.2) is 5.84 Å². The van der Waals surface area contributed by atoms with Gasteiger partial charge in [0.15, 0.2) is 0 Å². The van der Waals surface area contributed by atoms with Crippen molar-refractivity contribution in [2.75, 3.05) is 26.3 Å². The lowest BCUT2D eigenvalue weighted by Gasteiger charge is -2.25. The predicted octanol–water partition coefficient (Wildman–Crippen LogP) is 1.43. The Morgan fingerprint density at radius 3 is 2.73 bits per heavy atom. The number of rotatable bonds is 13. The molecule has 15 heteroatoms. The van der Waals surface area contributed by atoms with Crippen molar-refractivity contribution in [2.24, 2.45) is 17.5 Å². The first-order chi connectivity index (χ1) is 17.6. The molecule has 0 aliphatic carbocycles. The molecule has 202 valence electrons. The van der Waals surface area contributed by atoms with Gasteiger partial charge >= 0.3 is 6.36 Å². The fourth-order valence-corrected chi connectivity index (χ4v) is 3.97. The number of nitrogens with two attached hydrogens (primary N) is 2. The summed E-state index contributed by atoms with van der Waals surface area (Å²) >= 11 is 1.24. The van der Waals surface area contributed by atoms with Gasteiger partial charge in [-0.05, 0) is 30.5 Å². The molecule has 1 aromatic carbocycles. The van der Waals surface area contributed by atoms with Gasteiger partial charge in [-0.15, -0.1) is 23.4 Å². The van der Waals surface area contributed by atoms with Gasteiger partial charge in [0.05, 0.1) is 13.2 Å². The molecule has 3 rings (SSSR count). The van der Waals surface area contributed by atoms with Crippen LogP contribution < -0.4 is 26.9 Å². The lowest BCUT2D eigenvalue weighted by Crippen LogP contribution is -2.39. The van der Waals surface area contributed by atoms with E-state index in [1.807, 2.05) is 0 Å². The largest absolute Gasteiger partial charge is 0.573 e. The molecule has 1 aliphatic rings. The number of carbonyl (C=O) groups is 2. The maximum atomic E-state index is 12.3. The van der Waals surface area contributed by atoms with Crippen LogP contribution in [0.15, 0.2) is 36.2 Å². The summed E-state index contributed by atoms with van der Waals surface area (Å²) in [4.78, 5) is 24.3. The van der Waals surface area contributed by atoms with Gasteiger partial charge < -0.3 is 30.8 Å². The van der Waals surface area contributed by atoms with Crippen molar-refractivity contribution in [3.8, 4) is 5.75 Å². The van der Waals surface area contributed by atoms with Crippen molar-refractivity contribution >= 4 is 23.2 Å². The number of hydrogen-bond donors (Lipinski definition) is 4. The molecule has 1 saturated heterocycles. The second kappa shape index (κ2) is 13.2. The minimum atomic E-state index is -4.80. The Hall–Kier alpha value is -3.43. The molecule has 1 fully saturated rings. The average Bonchev–Trinajstić information content (AvgIpc) is 3.27. The summed E-state index contributed by atoms with van der Waals surface area (Å²) in [6, 6.07) is 5.25. The smallest absolute Gasteiger partial charge is 0.406 e. The Morgan fingerprint density at radius 1 is 1.24 bits per heavy atom. The fourth-order valence-electron chi connectivity index (χ4n) is 3.17. The van der Waals surface area contributed by atoms with E-state index in [4.69, 9.17) is 16.3 Å². The number of carbonyl (C=O) groups excluding carboxylic acids is 2. The van der Waals surface area contributed by atoms with E-state index < -0.39 is 12.3 Å². The summed E-state index contributed by atoms with van der Waals surface area (Å²) in [5.41, 5.74) is 6.02. The molecule has 1 aliphatic heterocycles. The van der Waals surface area contributed by atoms with E-state index in [1.165, 1.54) is 40.7 Å². The zero-order valence-corrected chi connectivity index (χ0v) is 20.6. The Morgan fingerprint density at radius 2 is 2.03 bits per heavy atom. The van der Waals surface area contributed by atoms with E-state index in [9.17, 15) is 22.8 Å². The molecule has 2 heterocycles. The molecule has 6 N–H and O–H groups in total. The van der Waals surface area contributed by atoms with Gasteiger partial charge in [0.2, 0.25) is 5.01 Å². The summed E-state index contributed by atoms with van der Waals surface area (Å²) in [6.07, 6.45) is -1.52. The number of ether oxygens (including phenoxy) is 2. The first-order valence-corrected chi connectivity index (χ1v) is 12.2. The molecule has 37 heavy (non-hydrogen) atoms. The summed E-state index contributed by atoms with van der Waals surface area (Å²) in [6.45, 7) is 2.22. The Bertz CT molecular complexity index is 1090. The standard InChI is InChI=1S/C22H28F3N7O4S/c23-22(24,25)36-16-5-3-4-14(8-16)9-28-19(33)17(26)11-32(27)7-2-1-6-18-30-31-21(37-18)20(34)29-10-15-12-35-13-15/h3-5,8,11,15H,1-2,6-7,9-10,12-13,26-27H2,(H,28,33)(H,29,34)/b17-11-. The third-order valence-electron chi connectivity index (χ3n) is 5.13. The van der Waals surface area contributed by atoms with E-state index in [2.05, 4.69) is 25.6 Å². The minimum Gasteiger partial charge on any atom is -0.406 e. The van der Waals surface area contributed by atoms with Crippen LogP contribution in [0.1, 0.15) is 33.2 Å². The van der Waals surface area contributed by atoms with Crippen LogP contribution in [-0.4, -0.2) is 59.7 Å². The normalized spacial score (nSPS) is 14.1. The number of amides is 2. The molecule has 0 bridgehead atoms. The number of benzene rings is 1. The van der Waals surface area contributed by atoms with Gasteiger partial charge in [0.25, 0.3) is 11.8 Å². The van der Waals surface area contributed by atoms with Crippen molar-refractivity contribution in [1.82, 2.24) is 25.8 Å². The zero-order valence-electron chi connectivity index (χ0n) is 19.8. The van der Waals surface area contributed by atoms with Crippen molar-refractivity contribution in [3.63, 3.8) is 0 Å². The number of alkyl halides is 3. The van der Waals surface area contributed by atoms with Crippen LogP contribution in [0.25, 0.3) is 0 Å². The minimum absolute atomic E-state index is 0.0517. The molecule has 2 aromatic rings. The zero-order chi connectivity index (χ0) is 26.8. The SMILES string of the molecule is N/C(=C\N(N)CCCCc1nnc(C(=O)NCC2COC2)s1)C(=O)NCc1cccc(OC(F)(F)F)c1. The number of unbranched alkanes of at least 4 members (excludes halogenated alkanes) is 1. The second-order valence-electron chi connectivity index (χ2n) is 8.27. The third kappa shape index (κ3) is 9.86. The molecule has 11 nitrogen and oxygen atoms in total. The summed E-state index contributed by atoms with van der Waals surface area (Å²) in [7, 11) is 0. The maximum Gasteiger partial charge on any atom is 0.573 e. The van der Waals surface area contributed by atoms with Gasteiger partial charge in [0, 0.05) is 38.2 Å². The summed E-state index contributed by atoms with van der Waals surface area (Å²) in [5, 5.41) is 15.6. The highest BCUT2D eigenvalue weighted by Gasteiger charge is 2.31. The molecule has 0 atom stereocenters. The Balaban J connectivity index is 1.34. The number of halogens is 3. The van der Waals surface area contributed by atoms with E-state index in [0.29, 0.717) is 55.6 Å². The van der Waals surface area contributed by atoms with Crippen LogP contribution in [0, 0.1) is 5.92 Å². The summed E-state index contributed by atoms with van der Waals surface area (Å²) in [5.74, 6) is 4.98. The van der Waals surface area contributed by atoms with Crippen molar-refractivity contribution < 1.29 is 32.2 Å². The number of aromatic nitrogens is 2. The van der Waals surface area contributed by atoms with Crippen LogP contribution in [0.4, 0.5) is 13.2 Å². The van der Waals surface area contributed by atoms with Gasteiger partial charge in [0.1, 0.15) is 16.5 Å². The highest BCUT2D eigenvalue weighted by atomic mass is 32.1. The highest BCUT2D eigenvalue weighted by Crippen LogP contribution is 2.23. The van der Waals surface area contributed by atoms with Crippen LogP contribution in [0.2, 0.25) is 0 Å². The number of nitrogens with zero attached hydrogens (tertiary/aromatic N) is 3. The van der Waals surface area contributed by atoms with Crippen LogP contribution in [0.3, 0.4) is 0 Å². The summed E-state index contributed by atoms with van der Waals surface area (Å²) < 4.78 is 46.0. The number of hydrogen-bond acceptors (Lipinski definition) is 10. The van der Waals surface area contributed by atoms with E-state index in [1.54, 1.807) is 0 Å². The number of nitrogens with one attached hydrogen (secondary N) is 2. The van der Waals surface area contributed by atoms with Crippen LogP contribution in [0.5, 0.6) is 5.75 Å². The van der Waals surface area contributed by atoms with E-state index >= 15 is 0 Å². The predicted molar refractivity (Wildman–Crippen MR) is 128 cm³/mol. The molecule has 2 amide bonds. The maximum absolute atomic E-state index is 12.3. The van der Waals surface area contributed by atoms with Gasteiger partial charge in [-0.1, -0.05) is 23.5 Å².